The number of pyridine rings is 2. The van der Waals surface area contributed by atoms with Gasteiger partial charge in [-0.25, -0.2) is 9.78 Å². The molecule has 150 valence electrons. The van der Waals surface area contributed by atoms with Gasteiger partial charge in [0.15, 0.2) is 0 Å². The van der Waals surface area contributed by atoms with E-state index in [0.29, 0.717) is 11.1 Å². The highest BCUT2D eigenvalue weighted by Gasteiger charge is 2.17. The molecule has 1 amide bonds. The van der Waals surface area contributed by atoms with Crippen LogP contribution in [-0.4, -0.2) is 36.9 Å². The van der Waals surface area contributed by atoms with Crippen LogP contribution in [0, 0.1) is 0 Å². The van der Waals surface area contributed by atoms with Crippen LogP contribution < -0.4 is 5.32 Å². The Balaban J connectivity index is 1.52. The minimum Gasteiger partial charge on any atom is -0.478 e. The number of nitrogens with zero attached hydrogens (tertiary/aromatic N) is 3. The number of imidazole rings is 1. The first kappa shape index (κ1) is 18.4. The predicted octanol–water partition coefficient (Wildman–Crippen LogP) is 4.12. The fourth-order valence-corrected chi connectivity index (χ4v) is 3.43. The van der Waals surface area contributed by atoms with Crippen molar-refractivity contribution in [2.45, 2.75) is 0 Å². The molecule has 5 rings (SSSR count). The van der Waals surface area contributed by atoms with E-state index in [1.54, 1.807) is 48.9 Å². The molecule has 3 aromatic heterocycles. The molecule has 0 unspecified atom stereocenters. The third-order valence-electron chi connectivity index (χ3n) is 4.93. The first-order chi connectivity index (χ1) is 15.1. The maximum absolute atomic E-state index is 12.7. The summed E-state index contributed by atoms with van der Waals surface area (Å²) in [5.41, 5.74) is 2.53. The average Bonchev–Trinajstić information content (AvgIpc) is 3.20. The second kappa shape index (κ2) is 7.34. The van der Waals surface area contributed by atoms with Gasteiger partial charge in [-0.1, -0.05) is 24.3 Å². The van der Waals surface area contributed by atoms with Crippen LogP contribution in [0.2, 0.25) is 0 Å². The van der Waals surface area contributed by atoms with Gasteiger partial charge in [-0.15, -0.1) is 0 Å². The van der Waals surface area contributed by atoms with Crippen molar-refractivity contribution in [2.24, 2.45) is 0 Å². The fourth-order valence-electron chi connectivity index (χ4n) is 3.43. The summed E-state index contributed by atoms with van der Waals surface area (Å²) in [6.45, 7) is 0. The van der Waals surface area contributed by atoms with Gasteiger partial charge in [0.1, 0.15) is 11.2 Å². The lowest BCUT2D eigenvalue weighted by Gasteiger charge is -2.03. The lowest BCUT2D eigenvalue weighted by atomic mass is 10.0. The van der Waals surface area contributed by atoms with Crippen molar-refractivity contribution in [2.75, 3.05) is 5.32 Å². The SMILES string of the molecule is O=C(Nc1nc2c(C(=O)O)cc(-c3ccncc3)cc2[nH]1)c1cc2ccccc2cn1. The Hall–Kier alpha value is -4.59. The second-order valence-electron chi connectivity index (χ2n) is 6.92. The molecule has 0 saturated heterocycles. The van der Waals surface area contributed by atoms with Crippen molar-refractivity contribution in [3.63, 3.8) is 0 Å². The number of carboxylic acid groups (broad SMARTS) is 1. The van der Waals surface area contributed by atoms with Crippen molar-refractivity contribution in [1.29, 1.82) is 0 Å². The average molecular weight is 409 g/mol. The van der Waals surface area contributed by atoms with Crippen molar-refractivity contribution >= 4 is 39.6 Å². The number of benzene rings is 2. The summed E-state index contributed by atoms with van der Waals surface area (Å²) in [6, 6.07) is 16.2. The minimum atomic E-state index is -1.11. The summed E-state index contributed by atoms with van der Waals surface area (Å²) in [5.74, 6) is -1.41. The monoisotopic (exact) mass is 409 g/mol. The number of carbonyl (C=O) groups is 2. The van der Waals surface area contributed by atoms with Gasteiger partial charge in [-0.2, -0.15) is 0 Å². The number of H-pyrrole nitrogens is 1. The van der Waals surface area contributed by atoms with E-state index in [0.717, 1.165) is 16.3 Å². The molecule has 3 N–H and O–H groups in total. The Labute approximate surface area is 175 Å². The van der Waals surface area contributed by atoms with Crippen molar-refractivity contribution in [1.82, 2.24) is 19.9 Å². The summed E-state index contributed by atoms with van der Waals surface area (Å²) < 4.78 is 0. The molecule has 2 aromatic carbocycles. The third-order valence-corrected chi connectivity index (χ3v) is 4.93. The maximum atomic E-state index is 12.7. The maximum Gasteiger partial charge on any atom is 0.338 e. The number of carbonyl (C=O) groups excluding carboxylic acids is 1. The first-order valence-electron chi connectivity index (χ1n) is 9.42. The molecule has 5 aromatic rings. The number of fused-ring (bicyclic) bond motifs is 2. The molecule has 0 atom stereocenters. The molecule has 0 radical (unpaired) electrons. The molecule has 0 bridgehead atoms. The van der Waals surface area contributed by atoms with Crippen LogP contribution in [0.5, 0.6) is 0 Å². The van der Waals surface area contributed by atoms with Gasteiger partial charge in [-0.05, 0) is 46.8 Å². The highest BCUT2D eigenvalue weighted by atomic mass is 16.4. The third kappa shape index (κ3) is 3.46. The Kier molecular flexibility index (Phi) is 4.37. The first-order valence-corrected chi connectivity index (χ1v) is 9.42. The van der Waals surface area contributed by atoms with Gasteiger partial charge in [0.05, 0.1) is 11.1 Å². The molecule has 0 aliphatic carbocycles. The van der Waals surface area contributed by atoms with E-state index in [2.05, 4.69) is 25.3 Å². The molecule has 0 saturated carbocycles. The van der Waals surface area contributed by atoms with E-state index >= 15 is 0 Å². The van der Waals surface area contributed by atoms with E-state index < -0.39 is 11.9 Å². The zero-order valence-corrected chi connectivity index (χ0v) is 16.0. The van der Waals surface area contributed by atoms with E-state index in [9.17, 15) is 14.7 Å². The van der Waals surface area contributed by atoms with Crippen molar-refractivity contribution in [3.8, 4) is 11.1 Å². The molecule has 0 fully saturated rings. The topological polar surface area (TPSA) is 121 Å². The Morgan fingerprint density at radius 1 is 0.935 bits per heavy atom. The number of amides is 1. The van der Waals surface area contributed by atoms with E-state index in [-0.39, 0.29) is 22.7 Å². The summed E-state index contributed by atoms with van der Waals surface area (Å²) in [4.78, 5) is 40.0. The van der Waals surface area contributed by atoms with E-state index in [4.69, 9.17) is 0 Å². The molecule has 3 heterocycles. The standard InChI is InChI=1S/C23H15N5O3/c29-21(19-10-14-3-1-2-4-15(14)12-25-19)28-23-26-18-11-16(13-5-7-24-8-6-13)9-17(22(30)31)20(18)27-23/h1-12H,(H,30,31)(H2,26,27,28,29). The molecule has 8 heteroatoms. The Morgan fingerprint density at radius 3 is 2.48 bits per heavy atom. The van der Waals surface area contributed by atoms with Crippen LogP contribution in [0.25, 0.3) is 32.9 Å². The highest BCUT2D eigenvalue weighted by molar-refractivity contribution is 6.07. The van der Waals surface area contributed by atoms with Gasteiger partial charge in [0.2, 0.25) is 5.95 Å². The molecular formula is C23H15N5O3. The van der Waals surface area contributed by atoms with E-state index in [1.165, 1.54) is 0 Å². The van der Waals surface area contributed by atoms with Gasteiger partial charge < -0.3 is 10.1 Å². The van der Waals surface area contributed by atoms with Crippen LogP contribution in [-0.2, 0) is 0 Å². The van der Waals surface area contributed by atoms with Crippen molar-refractivity contribution in [3.05, 3.63) is 84.4 Å². The summed E-state index contributed by atoms with van der Waals surface area (Å²) in [6.07, 6.45) is 4.90. The summed E-state index contributed by atoms with van der Waals surface area (Å²) in [7, 11) is 0. The second-order valence-corrected chi connectivity index (χ2v) is 6.92. The number of nitrogens with one attached hydrogen (secondary N) is 2. The summed E-state index contributed by atoms with van der Waals surface area (Å²) >= 11 is 0. The molecule has 8 nitrogen and oxygen atoms in total. The van der Waals surface area contributed by atoms with Gasteiger partial charge in [-0.3, -0.25) is 20.1 Å². The number of hydrogen-bond acceptors (Lipinski definition) is 5. The molecular weight excluding hydrogens is 394 g/mol. The van der Waals surface area contributed by atoms with Crippen LogP contribution in [0.15, 0.2) is 73.2 Å². The fraction of sp³-hybridized carbons (Fsp3) is 0. The number of hydrogen-bond donors (Lipinski definition) is 3. The quantitative estimate of drug-likeness (QED) is 0.410. The zero-order valence-electron chi connectivity index (χ0n) is 16.0. The predicted molar refractivity (Wildman–Crippen MR) is 116 cm³/mol. The molecule has 31 heavy (non-hydrogen) atoms. The Bertz CT molecular complexity index is 1460. The lowest BCUT2D eigenvalue weighted by molar-refractivity contribution is 0.0698. The number of rotatable bonds is 4. The smallest absolute Gasteiger partial charge is 0.338 e. The van der Waals surface area contributed by atoms with Crippen LogP contribution >= 0.6 is 0 Å². The highest BCUT2D eigenvalue weighted by Crippen LogP contribution is 2.27. The lowest BCUT2D eigenvalue weighted by Crippen LogP contribution is -2.14. The largest absolute Gasteiger partial charge is 0.478 e. The van der Waals surface area contributed by atoms with Gasteiger partial charge in [0, 0.05) is 24.0 Å². The van der Waals surface area contributed by atoms with Crippen molar-refractivity contribution < 1.29 is 14.7 Å². The number of carboxylic acids is 1. The van der Waals surface area contributed by atoms with Crippen LogP contribution in [0.1, 0.15) is 20.8 Å². The normalized spacial score (nSPS) is 11.0. The molecule has 0 aliphatic rings. The van der Waals surface area contributed by atoms with Gasteiger partial charge in [0.25, 0.3) is 5.91 Å². The van der Waals surface area contributed by atoms with Gasteiger partial charge >= 0.3 is 5.97 Å². The number of aromatic nitrogens is 4. The number of anilines is 1. The number of aromatic amines is 1. The Morgan fingerprint density at radius 2 is 1.71 bits per heavy atom. The van der Waals surface area contributed by atoms with Crippen LogP contribution in [0.4, 0.5) is 5.95 Å². The summed E-state index contributed by atoms with van der Waals surface area (Å²) in [5, 5.41) is 14.1. The van der Waals surface area contributed by atoms with E-state index in [1.807, 2.05) is 24.3 Å². The number of aromatic carboxylic acids is 1. The minimum absolute atomic E-state index is 0.0323. The van der Waals surface area contributed by atoms with Crippen LogP contribution in [0.3, 0.4) is 0 Å². The zero-order chi connectivity index (χ0) is 21.4. The molecule has 0 aliphatic heterocycles. The molecule has 0 spiro atoms.